The van der Waals surface area contributed by atoms with Crippen molar-refractivity contribution >= 4 is 21.8 Å². The molecule has 0 fully saturated rings. The second kappa shape index (κ2) is 9.01. The fraction of sp³-hybridized carbons (Fsp3) is 0.556. The highest BCUT2D eigenvalue weighted by atomic mass is 32.2. The fourth-order valence-electron chi connectivity index (χ4n) is 2.79. The molecular weight excluding hydrogens is 368 g/mol. The highest BCUT2D eigenvalue weighted by Crippen LogP contribution is 2.30. The van der Waals surface area contributed by atoms with Crippen molar-refractivity contribution in [2.75, 3.05) is 18.8 Å². The normalized spacial score (nSPS) is 13.3. The Labute approximate surface area is 161 Å². The topological polar surface area (TPSA) is 68.1 Å². The van der Waals surface area contributed by atoms with Gasteiger partial charge in [0.2, 0.25) is 10.0 Å². The van der Waals surface area contributed by atoms with Crippen LogP contribution in [0, 0.1) is 0 Å². The van der Waals surface area contributed by atoms with Gasteiger partial charge in [-0.1, -0.05) is 51.6 Å². The Bertz CT molecular complexity index is 829. The Morgan fingerprint density at radius 3 is 2.42 bits per heavy atom. The molecule has 2 rings (SSSR count). The minimum atomic E-state index is -3.50. The van der Waals surface area contributed by atoms with Crippen LogP contribution in [-0.4, -0.2) is 46.3 Å². The second-order valence-corrected chi connectivity index (χ2v) is 9.15. The van der Waals surface area contributed by atoms with E-state index in [1.54, 1.807) is 30.0 Å². The monoisotopic (exact) mass is 396 g/mol. The second-order valence-electron chi connectivity index (χ2n) is 5.98. The predicted molar refractivity (Wildman–Crippen MR) is 107 cm³/mol. The van der Waals surface area contributed by atoms with Gasteiger partial charge in [0.25, 0.3) is 0 Å². The van der Waals surface area contributed by atoms with Gasteiger partial charge in [0, 0.05) is 24.7 Å². The van der Waals surface area contributed by atoms with Crippen LogP contribution >= 0.6 is 11.8 Å². The molecule has 6 nitrogen and oxygen atoms in total. The third kappa shape index (κ3) is 4.13. The van der Waals surface area contributed by atoms with Gasteiger partial charge in [-0.3, -0.25) is 4.57 Å². The van der Waals surface area contributed by atoms with E-state index in [2.05, 4.69) is 35.5 Å². The number of sulfonamides is 1. The number of hydrogen-bond acceptors (Lipinski definition) is 5. The van der Waals surface area contributed by atoms with Crippen LogP contribution in [0.5, 0.6) is 0 Å². The molecule has 0 radical (unpaired) electrons. The molecule has 0 aliphatic heterocycles. The van der Waals surface area contributed by atoms with E-state index in [1.165, 1.54) is 4.31 Å². The summed E-state index contributed by atoms with van der Waals surface area (Å²) in [7, 11) is -3.50. The molecule has 1 aromatic heterocycles. The van der Waals surface area contributed by atoms with Crippen molar-refractivity contribution in [2.45, 2.75) is 57.1 Å². The van der Waals surface area contributed by atoms with Gasteiger partial charge in [-0.05, 0) is 31.2 Å². The van der Waals surface area contributed by atoms with Gasteiger partial charge >= 0.3 is 0 Å². The largest absolute Gasteiger partial charge is 0.299 e. The van der Waals surface area contributed by atoms with Crippen LogP contribution in [0.15, 0.2) is 34.3 Å². The van der Waals surface area contributed by atoms with Crippen molar-refractivity contribution in [1.29, 1.82) is 0 Å². The van der Waals surface area contributed by atoms with Crippen LogP contribution < -0.4 is 0 Å². The maximum Gasteiger partial charge on any atom is 0.243 e. The van der Waals surface area contributed by atoms with Gasteiger partial charge in [-0.15, -0.1) is 10.2 Å². The number of rotatable bonds is 9. The third-order valence-corrected chi connectivity index (χ3v) is 7.28. The number of benzene rings is 1. The average Bonchev–Trinajstić information content (AvgIpc) is 3.06. The molecule has 0 amide bonds. The predicted octanol–water partition coefficient (Wildman–Crippen LogP) is 4.06. The van der Waals surface area contributed by atoms with Crippen LogP contribution in [0.1, 0.15) is 47.1 Å². The molecule has 0 saturated heterocycles. The van der Waals surface area contributed by atoms with E-state index in [1.807, 2.05) is 19.9 Å². The lowest BCUT2D eigenvalue weighted by molar-refractivity contribution is 0.445. The molecule has 1 aromatic carbocycles. The summed E-state index contributed by atoms with van der Waals surface area (Å²) in [6.07, 6.45) is 0.944. The van der Waals surface area contributed by atoms with Gasteiger partial charge in [0.05, 0.1) is 4.90 Å². The lowest BCUT2D eigenvalue weighted by Crippen LogP contribution is -2.30. The van der Waals surface area contributed by atoms with Crippen LogP contribution in [0.25, 0.3) is 11.4 Å². The lowest BCUT2D eigenvalue weighted by Gasteiger charge is -2.19. The average molecular weight is 397 g/mol. The minimum Gasteiger partial charge on any atom is -0.299 e. The van der Waals surface area contributed by atoms with Crippen LogP contribution in [-0.2, 0) is 10.0 Å². The standard InChI is InChI=1S/C18H28N4O2S2/c1-6-14(5)22-17(19-20-18(22)25-9-4)15-11-10-12-16(13-15)26(23,24)21(7-2)8-3/h10-14H,6-9H2,1-5H3. The molecule has 1 heterocycles. The molecule has 0 saturated carbocycles. The Morgan fingerprint density at radius 1 is 1.15 bits per heavy atom. The van der Waals surface area contributed by atoms with E-state index in [0.29, 0.717) is 23.8 Å². The van der Waals surface area contributed by atoms with E-state index in [4.69, 9.17) is 0 Å². The Morgan fingerprint density at radius 2 is 1.85 bits per heavy atom. The Hall–Kier alpha value is -1.38. The molecular formula is C18H28N4O2S2. The molecule has 2 aromatic rings. The van der Waals surface area contributed by atoms with Gasteiger partial charge < -0.3 is 0 Å². The maximum atomic E-state index is 12.8. The Balaban J connectivity index is 2.55. The van der Waals surface area contributed by atoms with Crippen LogP contribution in [0.4, 0.5) is 0 Å². The SMILES string of the molecule is CCSc1nnc(-c2cccc(S(=O)(=O)N(CC)CC)c2)n1C(C)CC. The molecule has 0 bridgehead atoms. The highest BCUT2D eigenvalue weighted by Gasteiger charge is 2.23. The summed E-state index contributed by atoms with van der Waals surface area (Å²) in [5, 5.41) is 9.56. The van der Waals surface area contributed by atoms with Crippen molar-refractivity contribution in [3.8, 4) is 11.4 Å². The number of thioether (sulfide) groups is 1. The molecule has 0 aliphatic rings. The van der Waals surface area contributed by atoms with Gasteiger partial charge in [-0.25, -0.2) is 8.42 Å². The molecule has 8 heteroatoms. The third-order valence-electron chi connectivity index (χ3n) is 4.40. The lowest BCUT2D eigenvalue weighted by atomic mass is 10.2. The molecule has 1 atom stereocenters. The summed E-state index contributed by atoms with van der Waals surface area (Å²) in [4.78, 5) is 0.294. The van der Waals surface area contributed by atoms with E-state index in [9.17, 15) is 8.42 Å². The van der Waals surface area contributed by atoms with Crippen molar-refractivity contribution in [3.05, 3.63) is 24.3 Å². The molecule has 26 heavy (non-hydrogen) atoms. The zero-order valence-corrected chi connectivity index (χ0v) is 17.8. The van der Waals surface area contributed by atoms with E-state index in [-0.39, 0.29) is 6.04 Å². The number of nitrogens with zero attached hydrogens (tertiary/aromatic N) is 4. The quantitative estimate of drug-likeness (QED) is 0.598. The van der Waals surface area contributed by atoms with Crippen LogP contribution in [0.3, 0.4) is 0 Å². The van der Waals surface area contributed by atoms with Gasteiger partial charge in [0.1, 0.15) is 0 Å². The summed E-state index contributed by atoms with van der Waals surface area (Å²) in [5.41, 5.74) is 0.772. The zero-order chi connectivity index (χ0) is 19.3. The smallest absolute Gasteiger partial charge is 0.243 e. The van der Waals surface area contributed by atoms with Gasteiger partial charge in [-0.2, -0.15) is 4.31 Å². The molecule has 144 valence electrons. The van der Waals surface area contributed by atoms with Crippen LogP contribution in [0.2, 0.25) is 0 Å². The Kier molecular flexibility index (Phi) is 7.25. The summed E-state index contributed by atoms with van der Waals surface area (Å²) in [6.45, 7) is 10.9. The van der Waals surface area contributed by atoms with Crippen molar-refractivity contribution in [1.82, 2.24) is 19.1 Å². The fourth-order valence-corrected chi connectivity index (χ4v) is 5.06. The molecule has 1 unspecified atom stereocenters. The zero-order valence-electron chi connectivity index (χ0n) is 16.1. The minimum absolute atomic E-state index is 0.233. The van der Waals surface area contributed by atoms with Crippen molar-refractivity contribution in [2.24, 2.45) is 0 Å². The summed E-state index contributed by atoms with van der Waals surface area (Å²) >= 11 is 1.65. The van der Waals surface area contributed by atoms with Gasteiger partial charge in [0.15, 0.2) is 11.0 Å². The van der Waals surface area contributed by atoms with E-state index >= 15 is 0 Å². The maximum absolute atomic E-state index is 12.8. The first-order chi connectivity index (χ1) is 12.4. The number of aromatic nitrogens is 3. The van der Waals surface area contributed by atoms with E-state index in [0.717, 1.165) is 22.9 Å². The number of hydrogen-bond donors (Lipinski definition) is 0. The molecule has 0 N–H and O–H groups in total. The van der Waals surface area contributed by atoms with E-state index < -0.39 is 10.0 Å². The summed E-state index contributed by atoms with van der Waals surface area (Å²) < 4.78 is 29.2. The molecule has 0 spiro atoms. The first-order valence-corrected chi connectivity index (χ1v) is 11.5. The first kappa shape index (κ1) is 20.9. The van der Waals surface area contributed by atoms with Crippen molar-refractivity contribution in [3.63, 3.8) is 0 Å². The first-order valence-electron chi connectivity index (χ1n) is 9.08. The molecule has 0 aliphatic carbocycles. The summed E-state index contributed by atoms with van der Waals surface area (Å²) in [6, 6.07) is 7.25. The summed E-state index contributed by atoms with van der Waals surface area (Å²) in [5.74, 6) is 1.62. The highest BCUT2D eigenvalue weighted by molar-refractivity contribution is 7.99. The van der Waals surface area contributed by atoms with Crippen molar-refractivity contribution < 1.29 is 8.42 Å².